The summed E-state index contributed by atoms with van der Waals surface area (Å²) in [6, 6.07) is 16.4. The Bertz CT molecular complexity index is 824. The smallest absolute Gasteiger partial charge is 0.350 e. The van der Waals surface area contributed by atoms with Gasteiger partial charge < -0.3 is 18.9 Å². The van der Waals surface area contributed by atoms with Crippen LogP contribution in [0, 0.1) is 0 Å². The van der Waals surface area contributed by atoms with Crippen LogP contribution < -0.4 is 18.9 Å². The van der Waals surface area contributed by atoms with E-state index in [4.69, 9.17) is 18.9 Å². The molecule has 0 fully saturated rings. The van der Waals surface area contributed by atoms with Crippen LogP contribution in [0.15, 0.2) is 73.1 Å². The zero-order chi connectivity index (χ0) is 19.6. The lowest BCUT2D eigenvalue weighted by atomic mass is 10.3. The van der Waals surface area contributed by atoms with Crippen molar-refractivity contribution in [2.45, 2.75) is 0 Å². The number of carbonyl (C=O) groups excluding carboxylic acids is 2. The lowest BCUT2D eigenvalue weighted by molar-refractivity contribution is -0.137. The van der Waals surface area contributed by atoms with E-state index >= 15 is 0 Å². The molecule has 142 valence electrons. The van der Waals surface area contributed by atoms with Gasteiger partial charge in [0.1, 0.15) is 11.5 Å². The van der Waals surface area contributed by atoms with Gasteiger partial charge in [-0.15, -0.1) is 0 Å². The fraction of sp³-hybridized carbons (Fsp3) is 0.100. The summed E-state index contributed by atoms with van der Waals surface area (Å²) in [5, 5.41) is 0. The van der Waals surface area contributed by atoms with Gasteiger partial charge in [0.05, 0.1) is 0 Å². The minimum atomic E-state index is -0.573. The zero-order valence-electron chi connectivity index (χ0n) is 14.7. The van der Waals surface area contributed by atoms with Crippen LogP contribution in [0.3, 0.4) is 0 Å². The third-order valence-electron chi connectivity index (χ3n) is 3.25. The molecule has 0 aliphatic carbocycles. The van der Waals surface area contributed by atoms with Crippen molar-refractivity contribution in [2.24, 2.45) is 0 Å². The standard InChI is InChI=1S/C20H16N2O6/c23-19(27-17-5-1-3-11-21-17)13-25-15-7-9-16(10-8-15)26-14-20(24)28-18-6-2-4-12-22-18/h1-12H,13-14H2. The summed E-state index contributed by atoms with van der Waals surface area (Å²) in [5.74, 6) is 0.158. The average molecular weight is 380 g/mol. The normalized spacial score (nSPS) is 10.0. The van der Waals surface area contributed by atoms with E-state index in [1.807, 2.05) is 0 Å². The predicted molar refractivity (Wildman–Crippen MR) is 97.2 cm³/mol. The Morgan fingerprint density at radius 2 is 1.07 bits per heavy atom. The van der Waals surface area contributed by atoms with E-state index in [2.05, 4.69) is 9.97 Å². The fourth-order valence-electron chi connectivity index (χ4n) is 2.02. The van der Waals surface area contributed by atoms with Crippen LogP contribution in [0.2, 0.25) is 0 Å². The van der Waals surface area contributed by atoms with Crippen molar-refractivity contribution in [1.29, 1.82) is 0 Å². The molecular weight excluding hydrogens is 364 g/mol. The maximum atomic E-state index is 11.7. The number of hydrogen-bond acceptors (Lipinski definition) is 8. The second kappa shape index (κ2) is 9.67. The lowest BCUT2D eigenvalue weighted by Crippen LogP contribution is -2.18. The molecule has 0 radical (unpaired) electrons. The molecule has 3 rings (SSSR count). The summed E-state index contributed by atoms with van der Waals surface area (Å²) in [7, 11) is 0. The summed E-state index contributed by atoms with van der Waals surface area (Å²) >= 11 is 0. The van der Waals surface area contributed by atoms with Crippen molar-refractivity contribution in [3.05, 3.63) is 73.1 Å². The third-order valence-corrected chi connectivity index (χ3v) is 3.25. The molecule has 0 atom stereocenters. The Morgan fingerprint density at radius 1 is 0.643 bits per heavy atom. The first-order valence-corrected chi connectivity index (χ1v) is 8.28. The van der Waals surface area contributed by atoms with Gasteiger partial charge in [0.25, 0.3) is 0 Å². The molecule has 2 aromatic heterocycles. The van der Waals surface area contributed by atoms with Crippen molar-refractivity contribution < 1.29 is 28.5 Å². The lowest BCUT2D eigenvalue weighted by Gasteiger charge is -2.08. The number of carbonyl (C=O) groups is 2. The van der Waals surface area contributed by atoms with E-state index in [9.17, 15) is 9.59 Å². The van der Waals surface area contributed by atoms with E-state index < -0.39 is 11.9 Å². The summed E-state index contributed by atoms with van der Waals surface area (Å²) in [4.78, 5) is 31.2. The molecule has 0 aliphatic heterocycles. The Kier molecular flexibility index (Phi) is 6.51. The van der Waals surface area contributed by atoms with Crippen LogP contribution in [0.25, 0.3) is 0 Å². The number of hydrogen-bond donors (Lipinski definition) is 0. The van der Waals surface area contributed by atoms with E-state index in [0.29, 0.717) is 11.5 Å². The zero-order valence-corrected chi connectivity index (χ0v) is 14.7. The molecule has 28 heavy (non-hydrogen) atoms. The highest BCUT2D eigenvalue weighted by Gasteiger charge is 2.08. The molecule has 0 amide bonds. The van der Waals surface area contributed by atoms with Crippen LogP contribution in [0.1, 0.15) is 0 Å². The number of rotatable bonds is 8. The Morgan fingerprint density at radius 3 is 1.43 bits per heavy atom. The minimum Gasteiger partial charge on any atom is -0.482 e. The van der Waals surface area contributed by atoms with Gasteiger partial charge in [-0.3, -0.25) is 0 Å². The highest BCUT2D eigenvalue weighted by Crippen LogP contribution is 2.18. The predicted octanol–water partition coefficient (Wildman–Crippen LogP) is 2.45. The molecule has 0 N–H and O–H groups in total. The molecule has 8 nitrogen and oxygen atoms in total. The number of ether oxygens (including phenoxy) is 4. The monoisotopic (exact) mass is 380 g/mol. The second-order valence-corrected chi connectivity index (χ2v) is 5.33. The van der Waals surface area contributed by atoms with Crippen LogP contribution in [-0.2, 0) is 9.59 Å². The van der Waals surface area contributed by atoms with Gasteiger partial charge in [-0.25, -0.2) is 19.6 Å². The van der Waals surface area contributed by atoms with Crippen molar-refractivity contribution in [2.75, 3.05) is 13.2 Å². The fourth-order valence-corrected chi connectivity index (χ4v) is 2.02. The largest absolute Gasteiger partial charge is 0.482 e. The average Bonchev–Trinajstić information content (AvgIpc) is 2.73. The van der Waals surface area contributed by atoms with Gasteiger partial charge >= 0.3 is 11.9 Å². The SMILES string of the molecule is O=C(COc1ccc(OCC(=O)Oc2ccccn2)cc1)Oc1ccccn1. The molecule has 0 saturated carbocycles. The first-order valence-electron chi connectivity index (χ1n) is 8.28. The van der Waals surface area contributed by atoms with Crippen molar-refractivity contribution in [3.8, 4) is 23.3 Å². The number of esters is 2. The molecule has 0 aliphatic rings. The van der Waals surface area contributed by atoms with E-state index in [1.54, 1.807) is 60.7 Å². The number of benzene rings is 1. The topological polar surface area (TPSA) is 96.8 Å². The maximum Gasteiger partial charge on any atom is 0.350 e. The summed E-state index contributed by atoms with van der Waals surface area (Å²) in [5.41, 5.74) is 0. The molecular formula is C20H16N2O6. The Hall–Kier alpha value is -3.94. The van der Waals surface area contributed by atoms with Crippen molar-refractivity contribution in [1.82, 2.24) is 9.97 Å². The molecule has 1 aromatic carbocycles. The molecule has 3 aromatic rings. The quantitative estimate of drug-likeness (QED) is 0.550. The van der Waals surface area contributed by atoms with Crippen molar-refractivity contribution in [3.63, 3.8) is 0 Å². The van der Waals surface area contributed by atoms with E-state index in [0.717, 1.165) is 0 Å². The van der Waals surface area contributed by atoms with Gasteiger partial charge in [-0.1, -0.05) is 12.1 Å². The van der Waals surface area contributed by atoms with Gasteiger partial charge in [0, 0.05) is 24.5 Å². The van der Waals surface area contributed by atoms with Crippen LogP contribution in [0.5, 0.6) is 23.3 Å². The van der Waals surface area contributed by atoms with E-state index in [1.165, 1.54) is 12.4 Å². The summed E-state index contributed by atoms with van der Waals surface area (Å²) in [6.45, 7) is -0.541. The number of pyridine rings is 2. The first kappa shape index (κ1) is 18.8. The summed E-state index contributed by atoms with van der Waals surface area (Å²) in [6.07, 6.45) is 3.04. The molecule has 0 saturated heterocycles. The third kappa shape index (κ3) is 6.10. The van der Waals surface area contributed by atoms with Gasteiger partial charge in [-0.05, 0) is 36.4 Å². The van der Waals surface area contributed by atoms with E-state index in [-0.39, 0.29) is 25.0 Å². The van der Waals surface area contributed by atoms with Gasteiger partial charge in [0.15, 0.2) is 13.2 Å². The molecule has 0 bridgehead atoms. The molecule has 8 heteroatoms. The molecule has 2 heterocycles. The second-order valence-electron chi connectivity index (χ2n) is 5.33. The molecule has 0 unspecified atom stereocenters. The Balaban J connectivity index is 1.40. The highest BCUT2D eigenvalue weighted by atomic mass is 16.6. The van der Waals surface area contributed by atoms with Crippen molar-refractivity contribution >= 4 is 11.9 Å². The van der Waals surface area contributed by atoms with Crippen LogP contribution in [0.4, 0.5) is 0 Å². The number of nitrogens with zero attached hydrogens (tertiary/aromatic N) is 2. The summed E-state index contributed by atoms with van der Waals surface area (Å²) < 4.78 is 20.7. The van der Waals surface area contributed by atoms with Crippen LogP contribution >= 0.6 is 0 Å². The van der Waals surface area contributed by atoms with Gasteiger partial charge in [-0.2, -0.15) is 0 Å². The highest BCUT2D eigenvalue weighted by molar-refractivity contribution is 5.74. The number of aromatic nitrogens is 2. The first-order chi connectivity index (χ1) is 13.7. The maximum absolute atomic E-state index is 11.7. The Labute approximate surface area is 160 Å². The van der Waals surface area contributed by atoms with Crippen LogP contribution in [-0.4, -0.2) is 35.1 Å². The van der Waals surface area contributed by atoms with Gasteiger partial charge in [0.2, 0.25) is 11.8 Å². The molecule has 0 spiro atoms. The minimum absolute atomic E-state index is 0.206.